The fraction of sp³-hybridized carbons (Fsp3) is 0.464. The summed E-state index contributed by atoms with van der Waals surface area (Å²) >= 11 is 43.1. The lowest BCUT2D eigenvalue weighted by molar-refractivity contribution is 0.0966. The van der Waals surface area contributed by atoms with E-state index in [0.717, 1.165) is 238 Å². The van der Waals surface area contributed by atoms with Gasteiger partial charge in [0, 0.05) is 135 Å². The highest BCUT2D eigenvalue weighted by molar-refractivity contribution is 7.90. The summed E-state index contributed by atoms with van der Waals surface area (Å²) in [7, 11) is -15.2. The van der Waals surface area contributed by atoms with Gasteiger partial charge < -0.3 is 18.9 Å². The second kappa shape index (κ2) is 46.9. The van der Waals surface area contributed by atoms with E-state index in [4.69, 9.17) is 100 Å². The lowest BCUT2D eigenvalue weighted by atomic mass is 9.95. The average Bonchev–Trinajstić information content (AvgIpc) is 1.68. The Hall–Kier alpha value is -7.84. The fourth-order valence-corrected chi connectivity index (χ4v) is 21.5. The third-order valence-corrected chi connectivity index (χ3v) is 28.7. The Morgan fingerprint density at radius 3 is 0.898 bits per heavy atom. The summed E-state index contributed by atoms with van der Waals surface area (Å²) in [5.41, 5.74) is 5.85. The zero-order chi connectivity index (χ0) is 98.7. The van der Waals surface area contributed by atoms with Crippen LogP contribution in [-0.2, 0) is 59.7 Å². The van der Waals surface area contributed by atoms with Gasteiger partial charge in [-0.25, -0.2) is 74.5 Å². The number of benzene rings is 8. The molecule has 742 valence electrons. The number of halogens is 12. The van der Waals surface area contributed by atoms with Crippen molar-refractivity contribution in [2.24, 2.45) is 23.7 Å². The predicted molar refractivity (Wildman–Crippen MR) is 522 cm³/mol. The molecule has 8 aromatic carbocycles. The first-order chi connectivity index (χ1) is 64.7. The minimum atomic E-state index is -3.80. The van der Waals surface area contributed by atoms with Crippen molar-refractivity contribution in [2.75, 3.05) is 104 Å². The van der Waals surface area contributed by atoms with E-state index in [9.17, 15) is 74.8 Å². The van der Waals surface area contributed by atoms with Gasteiger partial charge in [0.2, 0.25) is 40.1 Å². The van der Waals surface area contributed by atoms with Crippen LogP contribution in [0.25, 0.3) is 0 Å². The summed E-state index contributed by atoms with van der Waals surface area (Å²) < 4.78 is 195. The van der Waals surface area contributed by atoms with Crippen LogP contribution in [0.4, 0.5) is 22.0 Å². The molecule has 0 unspecified atom stereocenters. The molecule has 8 aromatic rings. The average molecular weight is 2120 g/mol. The third kappa shape index (κ3) is 32.9. The molecule has 0 aromatic heterocycles. The van der Waals surface area contributed by atoms with Gasteiger partial charge in [0.15, 0.2) is 0 Å². The van der Waals surface area contributed by atoms with Gasteiger partial charge in [0.1, 0.15) is 52.1 Å². The highest BCUT2D eigenvalue weighted by atomic mass is 35.5. The lowest BCUT2D eigenvalue weighted by Crippen LogP contribution is -2.39. The first-order valence-electron chi connectivity index (χ1n) is 45.4. The van der Waals surface area contributed by atoms with Crippen LogP contribution in [0, 0.1) is 52.8 Å². The van der Waals surface area contributed by atoms with Gasteiger partial charge in [-0.3, -0.25) is 38.8 Å². The molecule has 4 aliphatic carbocycles. The SMILES string of the molecule is CS(=O)(=O)NC(=O)c1cc(C2CC2)c(OC[C@@H]2CCCN(Cc3cc(Cl)cc(Cl)c3)C2)cc1F.CS(=O)(=O)NC(=O)c1cc(C2CC2)c(OC[C@H]2CCCN(Cc3cc(Cl)cc(Cl)c3)C2)cc1F.CS(=O)(=O)NC(=O)c1cc(C2CC2)c(OC[C@H]2CCCN(Cc3ccc(F)cc3Cl)C2)cc1F.C[C@H](c1cc(Cl)cc(Cl)c1)N1CCC[C@H](COc2cc(F)c(C(=O)NS(C)(=O)=O)cc2C2CC2)C1. The number of sulfonamides is 4. The summed E-state index contributed by atoms with van der Waals surface area (Å²) in [6, 6.07) is 31.8. The van der Waals surface area contributed by atoms with Gasteiger partial charge >= 0.3 is 0 Å². The Labute approximate surface area is 832 Å². The number of carbonyl (C=O) groups is 4. The first kappa shape index (κ1) is 106. The van der Waals surface area contributed by atoms with Crippen molar-refractivity contribution in [3.8, 4) is 23.0 Å². The number of amides is 4. The van der Waals surface area contributed by atoms with Crippen LogP contribution in [0.2, 0.25) is 35.2 Å². The number of ether oxygens (including phenoxy) is 4. The minimum absolute atomic E-state index is 0.140. The van der Waals surface area contributed by atoms with Gasteiger partial charge in [-0.1, -0.05) is 87.3 Å². The minimum Gasteiger partial charge on any atom is -0.493 e. The van der Waals surface area contributed by atoms with Crippen LogP contribution < -0.4 is 37.8 Å². The normalized spacial score (nSPS) is 19.3. The van der Waals surface area contributed by atoms with E-state index in [0.29, 0.717) is 91.1 Å². The molecule has 5 atom stereocenters. The van der Waals surface area contributed by atoms with Crippen molar-refractivity contribution >= 4 is 145 Å². The molecule has 8 aliphatic rings. The molecule has 4 saturated heterocycles. The molecule has 4 amide bonds. The molecule has 4 N–H and O–H groups in total. The molecule has 24 nitrogen and oxygen atoms in total. The van der Waals surface area contributed by atoms with E-state index in [1.807, 2.05) is 55.3 Å². The summed E-state index contributed by atoms with van der Waals surface area (Å²) in [6.45, 7) is 12.9. The Morgan fingerprint density at radius 2 is 0.620 bits per heavy atom. The van der Waals surface area contributed by atoms with Crippen molar-refractivity contribution in [2.45, 2.75) is 159 Å². The van der Waals surface area contributed by atoms with E-state index in [-0.39, 0.29) is 81.5 Å². The molecule has 137 heavy (non-hydrogen) atoms. The molecule has 40 heteroatoms. The highest BCUT2D eigenvalue weighted by Crippen LogP contribution is 2.50. The van der Waals surface area contributed by atoms with E-state index in [2.05, 4.69) is 26.5 Å². The molecule has 0 bridgehead atoms. The van der Waals surface area contributed by atoms with E-state index < -0.39 is 87.0 Å². The highest BCUT2D eigenvalue weighted by Gasteiger charge is 2.38. The van der Waals surface area contributed by atoms with Crippen molar-refractivity contribution in [1.82, 2.24) is 38.5 Å². The largest absolute Gasteiger partial charge is 0.493 e. The van der Waals surface area contributed by atoms with Crippen LogP contribution in [0.1, 0.15) is 225 Å². The molecule has 16 rings (SSSR count). The van der Waals surface area contributed by atoms with Gasteiger partial charge in [-0.15, -0.1) is 0 Å². The number of nitrogens with zero attached hydrogens (tertiary/aromatic N) is 4. The maximum Gasteiger partial charge on any atom is 0.267 e. The second-order valence-corrected chi connectivity index (χ2v) is 47.1. The molecule has 4 saturated carbocycles. The summed E-state index contributed by atoms with van der Waals surface area (Å²) in [4.78, 5) is 58.2. The van der Waals surface area contributed by atoms with E-state index in [1.165, 1.54) is 60.7 Å². The quantitative estimate of drug-likeness (QED) is 0.0285. The monoisotopic (exact) mass is 2110 g/mol. The molecule has 4 heterocycles. The van der Waals surface area contributed by atoms with Gasteiger partial charge in [-0.2, -0.15) is 0 Å². The van der Waals surface area contributed by atoms with Crippen LogP contribution in [0.5, 0.6) is 23.0 Å². The second-order valence-electron chi connectivity index (χ2n) is 37.0. The Kier molecular flexibility index (Phi) is 36.5. The standard InChI is InChI=1S/C25H29Cl2FN2O4S.2C24H27Cl2FN2O4S.C24H27ClF2N2O4S/c1-15(18-8-19(26)10-20(27)9-18)30-7-3-4-16(13-30)14-34-24-12-23(28)22(11-21(24)17-5-6-17)25(31)29-35(2,32)33;2*1-34(31,32)28-24(30)21-10-20(17-4-5-17)23(11-22(21)27)33-14-15-3-2-6-29(12-15)13-16-7-18(25)9-19(26)8-16;1-34(31,32)28-24(30)20-10-19(16-4-5-16)23(11-22(20)27)33-14-15-3-2-8-29(12-15)13-17-6-7-18(26)9-21(17)25/h8-12,15-17H,3-7,13-14H2,1-2H3,(H,29,31);2*7-11,15,17H,2-6,12-14H2,1H3,(H,28,30);6-7,9-11,15-16H,2-5,8,12-14H2,1H3,(H,28,30)/t15-,16+;3*15-/m1100/s1. The number of carbonyl (C=O) groups excluding carboxylic acids is 4. The summed E-state index contributed by atoms with van der Waals surface area (Å²) in [6.07, 6.45) is 18.8. The zero-order valence-electron chi connectivity index (χ0n) is 76.2. The number of hydrogen-bond acceptors (Lipinski definition) is 20. The number of piperidine rings is 4. The van der Waals surface area contributed by atoms with Crippen LogP contribution in [-0.4, -0.2) is 181 Å². The molecule has 0 radical (unpaired) electrons. The van der Waals surface area contributed by atoms with E-state index in [1.54, 1.807) is 24.3 Å². The maximum absolute atomic E-state index is 14.8. The van der Waals surface area contributed by atoms with Crippen molar-refractivity contribution < 1.29 is 93.7 Å². The Balaban J connectivity index is 0.000000154. The molecule has 0 spiro atoms. The Morgan fingerprint density at radius 1 is 0.350 bits per heavy atom. The van der Waals surface area contributed by atoms with Crippen molar-refractivity contribution in [3.63, 3.8) is 0 Å². The topological polar surface area (TPSA) is 303 Å². The number of hydrogen-bond donors (Lipinski definition) is 4. The van der Waals surface area contributed by atoms with Gasteiger partial charge in [0.05, 0.1) is 73.7 Å². The third-order valence-electron chi connectivity index (χ3n) is 24.8. The maximum atomic E-state index is 14.8. The number of rotatable bonds is 32. The molecule has 4 aliphatic heterocycles. The van der Waals surface area contributed by atoms with Crippen molar-refractivity contribution in [3.05, 3.63) is 252 Å². The molecule has 8 fully saturated rings. The van der Waals surface area contributed by atoms with Gasteiger partial charge in [-0.05, 0) is 295 Å². The smallest absolute Gasteiger partial charge is 0.267 e. The fourth-order valence-electron chi connectivity index (χ4n) is 17.8. The zero-order valence-corrected chi connectivity index (χ0v) is 84.7. The lowest BCUT2D eigenvalue weighted by Gasteiger charge is -2.37. The Bertz CT molecular complexity index is 6030. The molecular weight excluding hydrogens is 2000 g/mol. The van der Waals surface area contributed by atoms with Gasteiger partial charge in [0.25, 0.3) is 23.6 Å². The predicted octanol–water partition coefficient (Wildman–Crippen LogP) is 20.0. The molecular formula is C97H110Cl7F5N8O16S4. The van der Waals surface area contributed by atoms with Crippen LogP contribution >= 0.6 is 81.2 Å². The van der Waals surface area contributed by atoms with Crippen LogP contribution in [0.15, 0.2) is 121 Å². The van der Waals surface area contributed by atoms with E-state index >= 15 is 0 Å². The van der Waals surface area contributed by atoms with Crippen LogP contribution in [0.3, 0.4) is 0 Å². The summed E-state index contributed by atoms with van der Waals surface area (Å²) in [5.74, 6) is -4.09. The summed E-state index contributed by atoms with van der Waals surface area (Å²) in [5, 5.41) is 4.08. The number of likely N-dealkylation sites (tertiary alicyclic amines) is 4. The van der Waals surface area contributed by atoms with Crippen molar-refractivity contribution in [1.29, 1.82) is 0 Å². The first-order valence-corrected chi connectivity index (χ1v) is 55.6. The number of nitrogens with one attached hydrogen (secondary N) is 4.